The van der Waals surface area contributed by atoms with Crippen LogP contribution in [0.4, 0.5) is 4.79 Å². The molecule has 1 N–H and O–H groups in total. The van der Waals surface area contributed by atoms with E-state index >= 15 is 0 Å². The highest BCUT2D eigenvalue weighted by Crippen LogP contribution is 1.97. The van der Waals surface area contributed by atoms with E-state index in [9.17, 15) is 9.59 Å². The van der Waals surface area contributed by atoms with Crippen LogP contribution in [0.15, 0.2) is 4.99 Å². The highest BCUT2D eigenvalue weighted by atomic mass is 16.4. The molecule has 5 heteroatoms. The number of hydrogen-bond acceptors (Lipinski definition) is 2. The minimum atomic E-state index is -1.07. The standard InChI is InChI=1S/C5H6N2O3/c8-4-1-2-7(3-6-4)5(9)10/h3H,1-2H2,(H,9,10). The molecule has 0 atom stereocenters. The lowest BCUT2D eigenvalue weighted by molar-refractivity contribution is -0.118. The molecular weight excluding hydrogens is 136 g/mol. The molecule has 0 aliphatic carbocycles. The van der Waals surface area contributed by atoms with E-state index < -0.39 is 6.09 Å². The third kappa shape index (κ3) is 1.31. The first-order valence-corrected chi connectivity index (χ1v) is 2.77. The van der Waals surface area contributed by atoms with Crippen LogP contribution in [-0.4, -0.2) is 34.9 Å². The quantitative estimate of drug-likeness (QED) is 0.514. The Balaban J connectivity index is 2.61. The summed E-state index contributed by atoms with van der Waals surface area (Å²) in [5.41, 5.74) is 0. The van der Waals surface area contributed by atoms with Gasteiger partial charge < -0.3 is 5.11 Å². The van der Waals surface area contributed by atoms with Crippen molar-refractivity contribution in [3.05, 3.63) is 0 Å². The van der Waals surface area contributed by atoms with Crippen molar-refractivity contribution in [2.24, 2.45) is 4.99 Å². The third-order valence-corrected chi connectivity index (χ3v) is 1.15. The van der Waals surface area contributed by atoms with Crippen LogP contribution in [0.25, 0.3) is 0 Å². The maximum atomic E-state index is 10.4. The van der Waals surface area contributed by atoms with E-state index in [4.69, 9.17) is 5.11 Å². The fourth-order valence-electron chi connectivity index (χ4n) is 0.618. The molecule has 0 aromatic carbocycles. The van der Waals surface area contributed by atoms with Crippen LogP contribution < -0.4 is 0 Å². The minimum Gasteiger partial charge on any atom is -0.465 e. The largest absolute Gasteiger partial charge is 0.465 e. The second-order valence-electron chi connectivity index (χ2n) is 1.86. The maximum absolute atomic E-state index is 10.4. The number of amides is 2. The summed E-state index contributed by atoms with van der Waals surface area (Å²) in [6.07, 6.45) is 0.146. The molecule has 1 aliphatic heterocycles. The molecule has 0 spiro atoms. The SMILES string of the molecule is O=C1CCN(C(=O)O)C=N1. The molecule has 0 aromatic rings. The zero-order chi connectivity index (χ0) is 7.56. The molecule has 54 valence electrons. The minimum absolute atomic E-state index is 0.183. The van der Waals surface area contributed by atoms with Crippen molar-refractivity contribution in [3.63, 3.8) is 0 Å². The Morgan fingerprint density at radius 1 is 1.80 bits per heavy atom. The molecule has 1 heterocycles. The smallest absolute Gasteiger partial charge is 0.412 e. The molecule has 1 rings (SSSR count). The fourth-order valence-corrected chi connectivity index (χ4v) is 0.618. The number of rotatable bonds is 0. The van der Waals surface area contributed by atoms with Crippen LogP contribution in [0.1, 0.15) is 6.42 Å². The van der Waals surface area contributed by atoms with Gasteiger partial charge in [0.05, 0.1) is 0 Å². The van der Waals surface area contributed by atoms with E-state index in [1.54, 1.807) is 0 Å². The molecule has 0 radical (unpaired) electrons. The predicted octanol–water partition coefficient (Wildman–Crippen LogP) is -0.0750. The average molecular weight is 142 g/mol. The summed E-state index contributed by atoms with van der Waals surface area (Å²) < 4.78 is 0. The maximum Gasteiger partial charge on any atom is 0.412 e. The van der Waals surface area contributed by atoms with Crippen LogP contribution in [0.2, 0.25) is 0 Å². The van der Waals surface area contributed by atoms with Crippen LogP contribution in [0.3, 0.4) is 0 Å². The van der Waals surface area contributed by atoms with E-state index in [2.05, 4.69) is 4.99 Å². The van der Waals surface area contributed by atoms with Crippen LogP contribution in [0.5, 0.6) is 0 Å². The molecule has 0 saturated heterocycles. The number of carbonyl (C=O) groups excluding carboxylic acids is 1. The van der Waals surface area contributed by atoms with Crippen molar-refractivity contribution in [2.75, 3.05) is 6.54 Å². The molecule has 0 unspecified atom stereocenters. The zero-order valence-electron chi connectivity index (χ0n) is 5.15. The molecule has 10 heavy (non-hydrogen) atoms. The molecular formula is C5H6N2O3. The Bertz CT molecular complexity index is 199. The van der Waals surface area contributed by atoms with E-state index in [0.717, 1.165) is 11.2 Å². The summed E-state index contributed by atoms with van der Waals surface area (Å²) in [7, 11) is 0. The van der Waals surface area contributed by atoms with Gasteiger partial charge in [0.2, 0.25) is 5.91 Å². The number of aliphatic imine (C=N–C) groups is 1. The lowest BCUT2D eigenvalue weighted by Gasteiger charge is -2.14. The molecule has 2 amide bonds. The first-order valence-electron chi connectivity index (χ1n) is 2.77. The normalized spacial score (nSPS) is 17.6. The molecule has 0 fully saturated rings. The van der Waals surface area contributed by atoms with Crippen molar-refractivity contribution < 1.29 is 14.7 Å². The Labute approximate surface area is 57.0 Å². The van der Waals surface area contributed by atoms with Crippen LogP contribution >= 0.6 is 0 Å². The van der Waals surface area contributed by atoms with Crippen molar-refractivity contribution in [1.82, 2.24) is 4.90 Å². The number of carboxylic acid groups (broad SMARTS) is 1. The highest BCUT2D eigenvalue weighted by Gasteiger charge is 2.15. The van der Waals surface area contributed by atoms with Gasteiger partial charge in [0, 0.05) is 13.0 Å². The second-order valence-corrected chi connectivity index (χ2v) is 1.86. The molecule has 5 nitrogen and oxygen atoms in total. The Morgan fingerprint density at radius 3 is 2.90 bits per heavy atom. The monoisotopic (exact) mass is 142 g/mol. The predicted molar refractivity (Wildman–Crippen MR) is 32.8 cm³/mol. The lowest BCUT2D eigenvalue weighted by Crippen LogP contribution is -2.33. The van der Waals surface area contributed by atoms with Gasteiger partial charge in [-0.1, -0.05) is 0 Å². The molecule has 0 aromatic heterocycles. The van der Waals surface area contributed by atoms with Gasteiger partial charge in [-0.2, -0.15) is 0 Å². The third-order valence-electron chi connectivity index (χ3n) is 1.15. The Kier molecular flexibility index (Phi) is 1.66. The van der Waals surface area contributed by atoms with E-state index in [0.29, 0.717) is 0 Å². The van der Waals surface area contributed by atoms with Crippen LogP contribution in [0, 0.1) is 0 Å². The van der Waals surface area contributed by atoms with Gasteiger partial charge in [-0.3, -0.25) is 9.69 Å². The van der Waals surface area contributed by atoms with Gasteiger partial charge in [0.25, 0.3) is 0 Å². The highest BCUT2D eigenvalue weighted by molar-refractivity contribution is 5.92. The van der Waals surface area contributed by atoms with E-state index in [-0.39, 0.29) is 18.9 Å². The number of hydrogen-bond donors (Lipinski definition) is 1. The van der Waals surface area contributed by atoms with Crippen molar-refractivity contribution in [2.45, 2.75) is 6.42 Å². The van der Waals surface area contributed by atoms with Gasteiger partial charge >= 0.3 is 6.09 Å². The van der Waals surface area contributed by atoms with Gasteiger partial charge in [0.15, 0.2) is 0 Å². The zero-order valence-corrected chi connectivity index (χ0v) is 5.15. The van der Waals surface area contributed by atoms with Gasteiger partial charge in [0.1, 0.15) is 6.34 Å². The number of carbonyl (C=O) groups is 2. The number of nitrogens with zero attached hydrogens (tertiary/aromatic N) is 2. The Morgan fingerprint density at radius 2 is 2.50 bits per heavy atom. The molecule has 0 saturated carbocycles. The fraction of sp³-hybridized carbons (Fsp3) is 0.400. The van der Waals surface area contributed by atoms with Gasteiger partial charge in [-0.05, 0) is 0 Å². The first-order chi connectivity index (χ1) is 4.70. The molecule has 0 bridgehead atoms. The first kappa shape index (κ1) is 6.73. The molecule has 1 aliphatic rings. The summed E-state index contributed by atoms with van der Waals surface area (Å²) >= 11 is 0. The van der Waals surface area contributed by atoms with E-state index in [1.807, 2.05) is 0 Å². The van der Waals surface area contributed by atoms with Gasteiger partial charge in [-0.25, -0.2) is 9.79 Å². The summed E-state index contributed by atoms with van der Waals surface area (Å²) in [5, 5.41) is 8.35. The van der Waals surface area contributed by atoms with E-state index in [1.165, 1.54) is 0 Å². The van der Waals surface area contributed by atoms with Crippen molar-refractivity contribution >= 4 is 18.3 Å². The average Bonchev–Trinajstić information content (AvgIpc) is 1.88. The second kappa shape index (κ2) is 2.47. The summed E-state index contributed by atoms with van der Waals surface area (Å²) in [5.74, 6) is -0.266. The summed E-state index contributed by atoms with van der Waals surface area (Å²) in [6, 6.07) is 0. The van der Waals surface area contributed by atoms with Crippen molar-refractivity contribution in [1.29, 1.82) is 0 Å². The van der Waals surface area contributed by atoms with Crippen molar-refractivity contribution in [3.8, 4) is 0 Å². The topological polar surface area (TPSA) is 70.0 Å². The van der Waals surface area contributed by atoms with Crippen LogP contribution in [-0.2, 0) is 4.79 Å². The summed E-state index contributed by atoms with van der Waals surface area (Å²) in [4.78, 5) is 24.9. The lowest BCUT2D eigenvalue weighted by atomic mass is 10.3. The summed E-state index contributed by atoms with van der Waals surface area (Å²) in [6.45, 7) is 0.220. The van der Waals surface area contributed by atoms with Gasteiger partial charge in [-0.15, -0.1) is 0 Å². The Hall–Kier alpha value is -1.39.